The van der Waals surface area contributed by atoms with E-state index in [1.807, 2.05) is 30.3 Å². The van der Waals surface area contributed by atoms with Crippen molar-refractivity contribution < 1.29 is 23.2 Å². The Morgan fingerprint density at radius 1 is 0.897 bits per heavy atom. The molecule has 1 unspecified atom stereocenters. The van der Waals surface area contributed by atoms with Crippen molar-refractivity contribution in [3.05, 3.63) is 107 Å². The molecular formula is C30H30F2N4O3. The minimum absolute atomic E-state index is 0.00265. The molecule has 3 atom stereocenters. The van der Waals surface area contributed by atoms with Crippen LogP contribution in [0.25, 0.3) is 0 Å². The molecule has 5 rings (SSSR count). The lowest BCUT2D eigenvalue weighted by atomic mass is 9.73. The second kappa shape index (κ2) is 11.3. The van der Waals surface area contributed by atoms with E-state index in [9.17, 15) is 23.2 Å². The average molecular weight is 533 g/mol. The summed E-state index contributed by atoms with van der Waals surface area (Å²) in [5.41, 5.74) is 2.35. The van der Waals surface area contributed by atoms with Crippen molar-refractivity contribution >= 4 is 17.7 Å². The Bertz CT molecular complexity index is 1330. The van der Waals surface area contributed by atoms with Crippen LogP contribution in [0.2, 0.25) is 0 Å². The predicted octanol–water partition coefficient (Wildman–Crippen LogP) is 3.76. The quantitative estimate of drug-likeness (QED) is 0.525. The highest BCUT2D eigenvalue weighted by Crippen LogP contribution is 2.39. The maximum absolute atomic E-state index is 13.8. The van der Waals surface area contributed by atoms with Gasteiger partial charge < -0.3 is 10.2 Å². The normalized spacial score (nSPS) is 21.6. The third-order valence-corrected chi connectivity index (χ3v) is 7.50. The summed E-state index contributed by atoms with van der Waals surface area (Å²) in [5, 5.41) is 6.02. The maximum Gasteiger partial charge on any atom is 0.332 e. The van der Waals surface area contributed by atoms with Gasteiger partial charge in [-0.15, -0.1) is 0 Å². The monoisotopic (exact) mass is 532 g/mol. The zero-order chi connectivity index (χ0) is 27.5. The fourth-order valence-electron chi connectivity index (χ4n) is 5.59. The largest absolute Gasteiger partial charge is 0.340 e. The number of nitrogens with zero attached hydrogens (tertiary/aromatic N) is 3. The number of nitrogens with one attached hydrogen (secondary N) is 1. The van der Waals surface area contributed by atoms with E-state index in [4.69, 9.17) is 0 Å². The van der Waals surface area contributed by atoms with Gasteiger partial charge in [-0.25, -0.2) is 18.6 Å². The Morgan fingerprint density at radius 3 is 2.15 bits per heavy atom. The molecule has 0 bridgehead atoms. The highest BCUT2D eigenvalue weighted by Gasteiger charge is 2.53. The van der Waals surface area contributed by atoms with Crippen LogP contribution in [0.5, 0.6) is 0 Å². The van der Waals surface area contributed by atoms with E-state index in [-0.39, 0.29) is 43.0 Å². The molecular weight excluding hydrogens is 502 g/mol. The lowest BCUT2D eigenvalue weighted by Gasteiger charge is -2.52. The van der Waals surface area contributed by atoms with Crippen molar-refractivity contribution in [3.63, 3.8) is 0 Å². The second-order valence-electron chi connectivity index (χ2n) is 10.1. The zero-order valence-corrected chi connectivity index (χ0v) is 21.6. The Labute approximate surface area is 226 Å². The smallest absolute Gasteiger partial charge is 0.332 e. The van der Waals surface area contributed by atoms with Crippen LogP contribution in [0.3, 0.4) is 0 Å². The first kappa shape index (κ1) is 26.5. The molecule has 0 aromatic heterocycles. The van der Waals surface area contributed by atoms with Crippen LogP contribution in [0.15, 0.2) is 78.9 Å². The van der Waals surface area contributed by atoms with E-state index in [0.29, 0.717) is 13.0 Å². The van der Waals surface area contributed by atoms with Crippen molar-refractivity contribution in [1.29, 1.82) is 0 Å². The van der Waals surface area contributed by atoms with Crippen molar-refractivity contribution in [2.24, 2.45) is 5.92 Å². The number of likely N-dealkylation sites (tertiary alicyclic amines) is 1. The van der Waals surface area contributed by atoms with Gasteiger partial charge in [0.25, 0.3) is 0 Å². The van der Waals surface area contributed by atoms with Gasteiger partial charge in [-0.2, -0.15) is 0 Å². The Kier molecular flexibility index (Phi) is 7.70. The van der Waals surface area contributed by atoms with Crippen molar-refractivity contribution in [2.75, 3.05) is 26.7 Å². The number of Topliss-reactive ketones (excluding diaryl/α,β-unsaturated/α-hetero) is 1. The number of carbonyl (C=O) groups excluding carboxylic acids is 3. The number of carbonyl (C=O) groups is 3. The molecule has 39 heavy (non-hydrogen) atoms. The van der Waals surface area contributed by atoms with E-state index >= 15 is 0 Å². The number of likely N-dealkylation sites (N-methyl/N-ethyl adjacent to an activating group) is 1. The van der Waals surface area contributed by atoms with Gasteiger partial charge in [0, 0.05) is 26.7 Å². The second-order valence-corrected chi connectivity index (χ2v) is 10.1. The molecule has 0 aliphatic carbocycles. The number of piperidine rings is 1. The van der Waals surface area contributed by atoms with Gasteiger partial charge in [0.05, 0.1) is 24.4 Å². The molecule has 0 saturated carbocycles. The van der Waals surface area contributed by atoms with Crippen molar-refractivity contribution in [3.8, 4) is 0 Å². The first-order valence-corrected chi connectivity index (χ1v) is 13.0. The van der Waals surface area contributed by atoms with E-state index in [2.05, 4.69) is 5.32 Å². The fourth-order valence-corrected chi connectivity index (χ4v) is 5.59. The lowest BCUT2D eigenvalue weighted by molar-refractivity contribution is -0.160. The van der Waals surface area contributed by atoms with Crippen molar-refractivity contribution in [2.45, 2.75) is 24.9 Å². The number of halogens is 2. The highest BCUT2D eigenvalue weighted by atomic mass is 19.1. The van der Waals surface area contributed by atoms with Gasteiger partial charge in [0.2, 0.25) is 5.91 Å². The summed E-state index contributed by atoms with van der Waals surface area (Å²) in [5.74, 6) is -2.37. The fraction of sp³-hybridized carbons (Fsp3) is 0.300. The summed E-state index contributed by atoms with van der Waals surface area (Å²) in [6.45, 7) is 0.732. The van der Waals surface area contributed by atoms with Crippen LogP contribution in [-0.4, -0.2) is 65.4 Å². The van der Waals surface area contributed by atoms with Crippen LogP contribution in [0.4, 0.5) is 13.6 Å². The number of amides is 3. The summed E-state index contributed by atoms with van der Waals surface area (Å²) >= 11 is 0. The van der Waals surface area contributed by atoms with Gasteiger partial charge in [-0.05, 0) is 47.4 Å². The molecule has 1 N–H and O–H groups in total. The number of hydrogen-bond acceptors (Lipinski definition) is 4. The first-order valence-electron chi connectivity index (χ1n) is 13.0. The molecule has 202 valence electrons. The van der Waals surface area contributed by atoms with E-state index in [0.717, 1.165) is 16.7 Å². The summed E-state index contributed by atoms with van der Waals surface area (Å²) in [4.78, 5) is 42.5. The molecule has 2 heterocycles. The predicted molar refractivity (Wildman–Crippen MR) is 141 cm³/mol. The number of hydrogen-bond donors (Lipinski definition) is 1. The van der Waals surface area contributed by atoms with E-state index in [1.54, 1.807) is 46.2 Å². The third-order valence-electron chi connectivity index (χ3n) is 7.50. The molecule has 2 aliphatic heterocycles. The Hall–Kier alpha value is -4.11. The molecule has 3 aromatic carbocycles. The van der Waals surface area contributed by atoms with E-state index < -0.39 is 23.9 Å². The van der Waals surface area contributed by atoms with Crippen LogP contribution < -0.4 is 5.32 Å². The molecule has 2 aliphatic rings. The van der Waals surface area contributed by atoms with Crippen molar-refractivity contribution in [1.82, 2.24) is 20.2 Å². The van der Waals surface area contributed by atoms with Gasteiger partial charge in [0.1, 0.15) is 11.6 Å². The van der Waals surface area contributed by atoms with Crippen LogP contribution in [-0.2, 0) is 22.6 Å². The SMILES string of the molecule is CN1CC(=O)C2[C@@H](c3ccccc3)C(=O)N(CCc3ccc(F)cc3)C[C@@H]2N1C(=O)NCc1ccc(F)cc1. The number of urea groups is 1. The zero-order valence-electron chi connectivity index (χ0n) is 21.6. The molecule has 7 nitrogen and oxygen atoms in total. The van der Waals surface area contributed by atoms with Gasteiger partial charge in [-0.1, -0.05) is 54.6 Å². The molecule has 0 radical (unpaired) electrons. The van der Waals surface area contributed by atoms with E-state index in [1.165, 1.54) is 24.3 Å². The summed E-state index contributed by atoms with van der Waals surface area (Å²) in [6.07, 6.45) is 0.505. The molecule has 2 fully saturated rings. The first-order chi connectivity index (χ1) is 18.8. The number of rotatable bonds is 6. The van der Waals surface area contributed by atoms with Gasteiger partial charge in [0.15, 0.2) is 5.78 Å². The van der Waals surface area contributed by atoms with Crippen LogP contribution in [0.1, 0.15) is 22.6 Å². The number of fused-ring (bicyclic) bond motifs is 1. The Morgan fingerprint density at radius 2 is 1.51 bits per heavy atom. The Balaban J connectivity index is 1.42. The topological polar surface area (TPSA) is 73.0 Å². The number of ketones is 1. The molecule has 9 heteroatoms. The number of benzene rings is 3. The molecule has 0 spiro atoms. The minimum atomic E-state index is -0.730. The minimum Gasteiger partial charge on any atom is -0.340 e. The highest BCUT2D eigenvalue weighted by molar-refractivity contribution is 5.96. The summed E-state index contributed by atoms with van der Waals surface area (Å²) < 4.78 is 26.7. The average Bonchev–Trinajstić information content (AvgIpc) is 2.93. The van der Waals surface area contributed by atoms with Gasteiger partial charge in [-0.3, -0.25) is 14.6 Å². The number of hydrazine groups is 1. The van der Waals surface area contributed by atoms with Crippen LogP contribution in [0, 0.1) is 17.6 Å². The molecule has 3 aromatic rings. The van der Waals surface area contributed by atoms with Gasteiger partial charge >= 0.3 is 6.03 Å². The lowest BCUT2D eigenvalue weighted by Crippen LogP contribution is -2.70. The summed E-state index contributed by atoms with van der Waals surface area (Å²) in [6, 6.07) is 20.2. The molecule has 2 saturated heterocycles. The standard InChI is InChI=1S/C30H30F2N4O3/c1-34-19-26(37)28-25(36(34)30(39)33-17-21-9-13-24(32)14-10-21)18-35(16-15-20-7-11-23(31)12-8-20)29(38)27(28)22-5-3-2-4-6-22/h2-14,25,27-28H,15-19H2,1H3,(H,33,39)/t25-,27+,28?/m0/s1. The molecule has 3 amide bonds. The van der Waals surface area contributed by atoms with Crippen LogP contribution >= 0.6 is 0 Å². The summed E-state index contributed by atoms with van der Waals surface area (Å²) in [7, 11) is 1.68. The third kappa shape index (κ3) is 5.68. The maximum atomic E-state index is 13.8.